The molecule has 0 aromatic heterocycles. The van der Waals surface area contributed by atoms with Crippen LogP contribution in [0.4, 0.5) is 22.7 Å². The summed E-state index contributed by atoms with van der Waals surface area (Å²) < 4.78 is 7.58. The Balaban J connectivity index is 0.000000246. The van der Waals surface area contributed by atoms with E-state index in [0.29, 0.717) is 41.5 Å². The van der Waals surface area contributed by atoms with Crippen molar-refractivity contribution in [2.75, 3.05) is 27.8 Å². The third-order valence-electron chi connectivity index (χ3n) is 10.2. The fraction of sp³-hybridized carbons (Fsp3) is 0.378. The number of carbonyl (C=O) groups is 2. The number of hydrogen-bond acceptors (Lipinski definition) is 7. The van der Waals surface area contributed by atoms with Crippen molar-refractivity contribution in [1.82, 2.24) is 0 Å². The van der Waals surface area contributed by atoms with Gasteiger partial charge in [-0.1, -0.05) is 91.8 Å². The summed E-state index contributed by atoms with van der Waals surface area (Å²) in [4.78, 5) is 42.1. The Morgan fingerprint density at radius 2 is 1.25 bits per heavy atom. The Kier molecular flexibility index (Phi) is 15.2. The summed E-state index contributed by atoms with van der Waals surface area (Å²) in [7, 11) is 0. The number of rotatable bonds is 10. The molecule has 1 atom stereocenters. The molecule has 1 fully saturated rings. The molecule has 1 saturated heterocycles. The number of benzene rings is 4. The van der Waals surface area contributed by atoms with E-state index in [0.717, 1.165) is 23.6 Å². The van der Waals surface area contributed by atoms with Crippen LogP contribution in [0.2, 0.25) is 0 Å². The van der Waals surface area contributed by atoms with Crippen LogP contribution in [0.25, 0.3) is 0 Å². The van der Waals surface area contributed by atoms with Gasteiger partial charge >= 0.3 is 159 Å². The second-order valence-electron chi connectivity index (χ2n) is 15.3. The van der Waals surface area contributed by atoms with Gasteiger partial charge in [0, 0.05) is 24.5 Å². The molecule has 2 heterocycles. The van der Waals surface area contributed by atoms with E-state index >= 15 is 0 Å². The minimum absolute atomic E-state index is 0. The SMILES string of the molecule is CC(C)c1cccc(C(C)C)c1N1[CH-]N(c2c(C(C)C)cccc2C(C)C)CC1.CCC1Oc2c([CH]=[Ru+])cccc2N(C(=O)c2ccc([N+](=O)[O-])cc2)C1=O.[Cl-]. The van der Waals surface area contributed by atoms with Crippen molar-refractivity contribution in [3.63, 3.8) is 0 Å². The van der Waals surface area contributed by atoms with Crippen molar-refractivity contribution in [2.24, 2.45) is 0 Å². The maximum Gasteiger partial charge on any atom is -1.00 e. The van der Waals surface area contributed by atoms with E-state index in [9.17, 15) is 19.7 Å². The predicted octanol–water partition coefficient (Wildman–Crippen LogP) is 7.27. The van der Waals surface area contributed by atoms with Gasteiger partial charge in [0.2, 0.25) is 0 Å². The molecule has 0 N–H and O–H groups in total. The standard InChI is InChI=1S/C27H39N2.C18H14N2O5.ClH.Ru/c1-18(2)22-11-9-12-23(19(3)4)26(22)28-15-16-29(17-28)27-24(20(5)6)13-10-14-25(27)21(7)8;1-3-15-18(22)19(14-6-4-5-11(2)16(14)25-15)17(21)12-7-9-13(10-8-12)20(23)24;;/h9-14,17-21H,15-16H2,1-8H3;2,4-10,15H,3H2,1H3;1H;/q-1;;;+1/p-1. The largest absolute Gasteiger partial charge is 1.00 e. The monoisotopic (exact) mass is 866 g/mol. The summed E-state index contributed by atoms with van der Waals surface area (Å²) in [6, 6.07) is 24.1. The summed E-state index contributed by atoms with van der Waals surface area (Å²) in [6.07, 6.45) is -0.355. The first-order valence-corrected chi connectivity index (χ1v) is 20.2. The minimum Gasteiger partial charge on any atom is -1.00 e. The van der Waals surface area contributed by atoms with Gasteiger partial charge in [-0.3, -0.25) is 0 Å². The van der Waals surface area contributed by atoms with E-state index in [1.54, 1.807) is 23.7 Å². The maximum atomic E-state index is 13.0. The Labute approximate surface area is 348 Å². The van der Waals surface area contributed by atoms with Crippen molar-refractivity contribution in [3.05, 3.63) is 129 Å². The van der Waals surface area contributed by atoms with Gasteiger partial charge in [0.15, 0.2) is 0 Å². The number of nitro benzene ring substituents is 1. The molecule has 299 valence electrons. The van der Waals surface area contributed by atoms with Crippen LogP contribution in [-0.2, 0) is 22.6 Å². The van der Waals surface area contributed by atoms with Crippen LogP contribution in [0.15, 0.2) is 78.9 Å². The summed E-state index contributed by atoms with van der Waals surface area (Å²) in [5.41, 5.74) is 9.85. The van der Waals surface area contributed by atoms with Crippen molar-refractivity contribution < 1.29 is 49.5 Å². The molecule has 0 spiro atoms. The van der Waals surface area contributed by atoms with Crippen LogP contribution >= 0.6 is 0 Å². The molecule has 0 bridgehead atoms. The van der Waals surface area contributed by atoms with E-state index < -0.39 is 22.8 Å². The molecule has 2 amide bonds. The van der Waals surface area contributed by atoms with E-state index in [1.165, 1.54) is 57.9 Å². The summed E-state index contributed by atoms with van der Waals surface area (Å²) in [5.74, 6) is 1.52. The molecule has 0 saturated carbocycles. The van der Waals surface area contributed by atoms with Crippen LogP contribution in [0.5, 0.6) is 5.75 Å². The first-order chi connectivity index (χ1) is 26.2. The molecular weight excluding hydrogens is 813 g/mol. The van der Waals surface area contributed by atoms with Gasteiger partial charge in [-0.25, -0.2) is 0 Å². The van der Waals surface area contributed by atoms with E-state index in [-0.39, 0.29) is 23.7 Å². The molecule has 1 unspecified atom stereocenters. The van der Waals surface area contributed by atoms with Gasteiger partial charge in [-0.05, 0) is 45.9 Å². The van der Waals surface area contributed by atoms with Crippen molar-refractivity contribution in [3.8, 4) is 5.75 Å². The molecular formula is C45H53ClN4O5Ru-. The number of imide groups is 1. The molecule has 6 rings (SSSR count). The topological polar surface area (TPSA) is 96.2 Å². The quantitative estimate of drug-likeness (QED) is 0.0545. The molecule has 2 aliphatic rings. The second-order valence-corrected chi connectivity index (χ2v) is 15.8. The van der Waals surface area contributed by atoms with Crippen molar-refractivity contribution in [2.45, 2.75) is 98.5 Å². The minimum atomic E-state index is -0.766. The molecule has 0 aliphatic carbocycles. The Morgan fingerprint density at radius 1 is 0.804 bits per heavy atom. The van der Waals surface area contributed by atoms with E-state index in [2.05, 4.69) is 126 Å². The van der Waals surface area contributed by atoms with Gasteiger partial charge in [-0.15, -0.1) is 0 Å². The summed E-state index contributed by atoms with van der Waals surface area (Å²) >= 11 is 2.37. The first kappa shape index (κ1) is 44.3. The average Bonchev–Trinajstić information content (AvgIpc) is 3.66. The van der Waals surface area contributed by atoms with Gasteiger partial charge in [0.05, 0.1) is 0 Å². The average molecular weight is 866 g/mol. The zero-order chi connectivity index (χ0) is 40.1. The van der Waals surface area contributed by atoms with Gasteiger partial charge in [0.25, 0.3) is 0 Å². The molecule has 0 radical (unpaired) electrons. The first-order valence-electron chi connectivity index (χ1n) is 19.2. The predicted molar refractivity (Wildman–Crippen MR) is 219 cm³/mol. The normalized spacial score (nSPS) is 15.1. The van der Waals surface area contributed by atoms with Gasteiger partial charge in [0.1, 0.15) is 0 Å². The van der Waals surface area contributed by atoms with Crippen LogP contribution in [-0.4, -0.2) is 40.5 Å². The number of anilines is 3. The molecule has 4 aromatic carbocycles. The molecule has 2 aliphatic heterocycles. The second kappa shape index (κ2) is 19.2. The van der Waals surface area contributed by atoms with Crippen LogP contribution in [0.1, 0.15) is 131 Å². The number of non-ortho nitro benzene ring substituents is 1. The number of amides is 2. The number of fused-ring (bicyclic) bond motifs is 1. The van der Waals surface area contributed by atoms with E-state index in [1.807, 2.05) is 6.07 Å². The maximum absolute atomic E-state index is 13.0. The third-order valence-corrected chi connectivity index (χ3v) is 10.7. The molecule has 9 nitrogen and oxygen atoms in total. The number of nitro groups is 1. The van der Waals surface area contributed by atoms with Crippen LogP contribution < -0.4 is 31.8 Å². The molecule has 11 heteroatoms. The third kappa shape index (κ3) is 9.24. The van der Waals surface area contributed by atoms with Gasteiger partial charge in [-0.2, -0.15) is 6.67 Å². The smallest absolute Gasteiger partial charge is 1.00 e. The molecule has 4 aromatic rings. The van der Waals surface area contributed by atoms with Crippen molar-refractivity contribution >= 4 is 39.2 Å². The van der Waals surface area contributed by atoms with Crippen LogP contribution in [0.3, 0.4) is 0 Å². The number of hydrogen-bond donors (Lipinski definition) is 0. The number of para-hydroxylation sites is 3. The number of ether oxygens (including phenoxy) is 1. The fourth-order valence-corrected chi connectivity index (χ4v) is 7.62. The fourth-order valence-electron chi connectivity index (χ4n) is 7.23. The Hall–Kier alpha value is -4.40. The molecule has 56 heavy (non-hydrogen) atoms. The summed E-state index contributed by atoms with van der Waals surface area (Å²) in [5, 5.41) is 10.8. The van der Waals surface area contributed by atoms with E-state index in [4.69, 9.17) is 4.74 Å². The van der Waals surface area contributed by atoms with Crippen molar-refractivity contribution in [1.29, 1.82) is 0 Å². The number of halogens is 1. The number of nitrogens with zero attached hydrogens (tertiary/aromatic N) is 4. The van der Waals surface area contributed by atoms with Gasteiger partial charge < -0.3 is 22.2 Å². The zero-order valence-electron chi connectivity index (χ0n) is 33.7. The van der Waals surface area contributed by atoms with Crippen LogP contribution in [0, 0.1) is 16.8 Å². The number of carbonyl (C=O) groups excluding carboxylic acids is 2. The Morgan fingerprint density at radius 3 is 1.64 bits per heavy atom. The Bertz CT molecular complexity index is 1930. The summed E-state index contributed by atoms with van der Waals surface area (Å²) in [6.45, 7) is 24.7. The zero-order valence-corrected chi connectivity index (χ0v) is 36.2.